The molecule has 0 bridgehead atoms. The predicted molar refractivity (Wildman–Crippen MR) is 68.1 cm³/mol. The highest BCUT2D eigenvalue weighted by molar-refractivity contribution is 6.30. The summed E-state index contributed by atoms with van der Waals surface area (Å²) in [7, 11) is 0. The molecule has 2 aromatic rings. The van der Waals surface area contributed by atoms with Gasteiger partial charge in [0.05, 0.1) is 11.6 Å². The summed E-state index contributed by atoms with van der Waals surface area (Å²) >= 11 is 5.56. The topological polar surface area (TPSA) is 29.5 Å². The van der Waals surface area contributed by atoms with E-state index in [0.29, 0.717) is 11.1 Å². The van der Waals surface area contributed by atoms with E-state index in [4.69, 9.17) is 21.4 Å². The minimum Gasteiger partial charge on any atom is -0.489 e. The van der Waals surface area contributed by atoms with Crippen LogP contribution in [-0.4, -0.2) is 5.11 Å². The van der Waals surface area contributed by atoms with Gasteiger partial charge in [0.1, 0.15) is 24.0 Å². The molecule has 0 saturated carbocycles. The van der Waals surface area contributed by atoms with Crippen LogP contribution in [0.5, 0.6) is 5.75 Å². The first-order chi connectivity index (χ1) is 9.08. The third-order valence-corrected chi connectivity index (χ3v) is 2.81. The average molecular weight is 285 g/mol. The van der Waals surface area contributed by atoms with Crippen LogP contribution in [0.2, 0.25) is 5.02 Å². The van der Waals surface area contributed by atoms with Crippen molar-refractivity contribution in [3.63, 3.8) is 0 Å². The third kappa shape index (κ3) is 3.66. The summed E-state index contributed by atoms with van der Waals surface area (Å²) in [6.45, 7) is -0.188. The zero-order valence-electron chi connectivity index (χ0n) is 9.87. The minimum atomic E-state index is -0.530. The maximum atomic E-state index is 13.2. The van der Waals surface area contributed by atoms with E-state index in [0.717, 1.165) is 0 Å². The van der Waals surface area contributed by atoms with Crippen LogP contribution in [0, 0.1) is 11.6 Å². The van der Waals surface area contributed by atoms with Crippen molar-refractivity contribution in [2.24, 2.45) is 0 Å². The lowest BCUT2D eigenvalue weighted by Gasteiger charge is -2.08. The molecular formula is C14H11ClF2O2. The Morgan fingerprint density at radius 3 is 2.53 bits per heavy atom. The quantitative estimate of drug-likeness (QED) is 0.928. The van der Waals surface area contributed by atoms with Crippen LogP contribution in [0.15, 0.2) is 36.4 Å². The molecule has 0 spiro atoms. The van der Waals surface area contributed by atoms with Crippen molar-refractivity contribution in [3.05, 3.63) is 64.2 Å². The Labute approximate surface area is 114 Å². The summed E-state index contributed by atoms with van der Waals surface area (Å²) in [4.78, 5) is 0. The van der Waals surface area contributed by atoms with E-state index in [1.807, 2.05) is 0 Å². The number of aliphatic hydroxyl groups excluding tert-OH is 1. The Morgan fingerprint density at radius 2 is 1.84 bits per heavy atom. The van der Waals surface area contributed by atoms with Gasteiger partial charge in [-0.3, -0.25) is 0 Å². The first-order valence-corrected chi connectivity index (χ1v) is 5.93. The fourth-order valence-corrected chi connectivity index (χ4v) is 1.71. The zero-order valence-corrected chi connectivity index (χ0v) is 10.6. The highest BCUT2D eigenvalue weighted by Gasteiger charge is 2.04. The van der Waals surface area contributed by atoms with Crippen LogP contribution < -0.4 is 4.74 Å². The van der Waals surface area contributed by atoms with E-state index in [1.54, 1.807) is 6.07 Å². The first-order valence-electron chi connectivity index (χ1n) is 5.55. The summed E-state index contributed by atoms with van der Waals surface area (Å²) in [6.07, 6.45) is 0. The maximum absolute atomic E-state index is 13.2. The smallest absolute Gasteiger partial charge is 0.142 e. The average Bonchev–Trinajstić information content (AvgIpc) is 2.39. The summed E-state index contributed by atoms with van der Waals surface area (Å²) in [5.41, 5.74) is 0.994. The van der Waals surface area contributed by atoms with E-state index in [1.165, 1.54) is 30.3 Å². The molecule has 0 saturated heterocycles. The highest BCUT2D eigenvalue weighted by atomic mass is 35.5. The minimum absolute atomic E-state index is 0.0390. The maximum Gasteiger partial charge on any atom is 0.142 e. The largest absolute Gasteiger partial charge is 0.489 e. The second-order valence-corrected chi connectivity index (χ2v) is 4.40. The molecule has 0 radical (unpaired) electrons. The van der Waals surface area contributed by atoms with Gasteiger partial charge < -0.3 is 9.84 Å². The molecule has 2 aromatic carbocycles. The van der Waals surface area contributed by atoms with Crippen molar-refractivity contribution < 1.29 is 18.6 Å². The molecule has 0 aromatic heterocycles. The summed E-state index contributed by atoms with van der Waals surface area (Å²) in [5.74, 6) is -0.749. The van der Waals surface area contributed by atoms with Crippen molar-refractivity contribution in [2.45, 2.75) is 13.2 Å². The Hall–Kier alpha value is -1.65. The molecule has 19 heavy (non-hydrogen) atoms. The van der Waals surface area contributed by atoms with E-state index >= 15 is 0 Å². The number of hydrogen-bond donors (Lipinski definition) is 1. The molecule has 0 heterocycles. The summed E-state index contributed by atoms with van der Waals surface area (Å²) < 4.78 is 31.7. The van der Waals surface area contributed by atoms with Gasteiger partial charge in [0.2, 0.25) is 0 Å². The Balaban J connectivity index is 2.09. The van der Waals surface area contributed by atoms with E-state index < -0.39 is 11.6 Å². The van der Waals surface area contributed by atoms with Crippen LogP contribution in [0.1, 0.15) is 11.1 Å². The Bertz CT molecular complexity index is 588. The van der Waals surface area contributed by atoms with Crippen molar-refractivity contribution in [2.75, 3.05) is 0 Å². The van der Waals surface area contributed by atoms with Crippen LogP contribution in [0.3, 0.4) is 0 Å². The molecule has 0 fully saturated rings. The number of hydrogen-bond acceptors (Lipinski definition) is 2. The molecule has 1 N–H and O–H groups in total. The van der Waals surface area contributed by atoms with Crippen LogP contribution in [0.4, 0.5) is 8.78 Å². The monoisotopic (exact) mass is 284 g/mol. The molecular weight excluding hydrogens is 274 g/mol. The second-order valence-electron chi connectivity index (χ2n) is 3.99. The van der Waals surface area contributed by atoms with Crippen LogP contribution in [-0.2, 0) is 13.2 Å². The zero-order chi connectivity index (χ0) is 13.8. The molecule has 0 aliphatic rings. The number of ether oxygens (including phenoxy) is 1. The molecule has 0 unspecified atom stereocenters. The lowest BCUT2D eigenvalue weighted by atomic mass is 10.2. The van der Waals surface area contributed by atoms with Gasteiger partial charge in [-0.1, -0.05) is 17.7 Å². The van der Waals surface area contributed by atoms with Gasteiger partial charge in [-0.2, -0.15) is 0 Å². The Morgan fingerprint density at radius 1 is 1.05 bits per heavy atom. The Kier molecular flexibility index (Phi) is 4.35. The summed E-state index contributed by atoms with van der Waals surface area (Å²) in [6, 6.07) is 8.25. The first kappa shape index (κ1) is 13.8. The molecule has 2 nitrogen and oxygen atoms in total. The van der Waals surface area contributed by atoms with Crippen LogP contribution >= 0.6 is 11.6 Å². The second kappa shape index (κ2) is 5.99. The number of aliphatic hydroxyl groups is 1. The van der Waals surface area contributed by atoms with Gasteiger partial charge in [-0.15, -0.1) is 0 Å². The number of benzene rings is 2. The SMILES string of the molecule is OCc1cc(F)cc(OCc2ccc(Cl)c(F)c2)c1. The van der Waals surface area contributed by atoms with Gasteiger partial charge >= 0.3 is 0 Å². The predicted octanol–water partition coefficient (Wildman–Crippen LogP) is 3.69. The summed E-state index contributed by atoms with van der Waals surface area (Å²) in [5, 5.41) is 8.99. The lowest BCUT2D eigenvalue weighted by molar-refractivity contribution is 0.276. The number of halogens is 3. The molecule has 100 valence electrons. The van der Waals surface area contributed by atoms with Crippen molar-refractivity contribution in [3.8, 4) is 5.75 Å². The fraction of sp³-hybridized carbons (Fsp3) is 0.143. The van der Waals surface area contributed by atoms with Gasteiger partial charge in [0.25, 0.3) is 0 Å². The van der Waals surface area contributed by atoms with E-state index in [-0.39, 0.29) is 24.0 Å². The van der Waals surface area contributed by atoms with Gasteiger partial charge in [-0.25, -0.2) is 8.78 Å². The molecule has 0 amide bonds. The standard InChI is InChI=1S/C14H11ClF2O2/c15-13-2-1-9(5-14(13)17)8-19-12-4-10(7-18)3-11(16)6-12/h1-6,18H,7-8H2. The molecule has 0 aliphatic carbocycles. The van der Waals surface area contributed by atoms with Crippen molar-refractivity contribution in [1.82, 2.24) is 0 Å². The van der Waals surface area contributed by atoms with E-state index in [9.17, 15) is 8.78 Å². The van der Waals surface area contributed by atoms with Gasteiger partial charge in [0.15, 0.2) is 0 Å². The van der Waals surface area contributed by atoms with Crippen molar-refractivity contribution in [1.29, 1.82) is 0 Å². The molecule has 5 heteroatoms. The van der Waals surface area contributed by atoms with E-state index in [2.05, 4.69) is 0 Å². The molecule has 0 aliphatic heterocycles. The molecule has 0 atom stereocenters. The van der Waals surface area contributed by atoms with Gasteiger partial charge in [-0.05, 0) is 35.4 Å². The van der Waals surface area contributed by atoms with Crippen LogP contribution in [0.25, 0.3) is 0 Å². The highest BCUT2D eigenvalue weighted by Crippen LogP contribution is 2.20. The molecule has 2 rings (SSSR count). The number of rotatable bonds is 4. The normalized spacial score (nSPS) is 10.5. The van der Waals surface area contributed by atoms with Crippen molar-refractivity contribution >= 4 is 11.6 Å². The third-order valence-electron chi connectivity index (χ3n) is 2.50. The lowest BCUT2D eigenvalue weighted by Crippen LogP contribution is -1.98. The fourth-order valence-electron chi connectivity index (χ4n) is 1.59. The van der Waals surface area contributed by atoms with Gasteiger partial charge in [0, 0.05) is 6.07 Å².